The third-order valence-corrected chi connectivity index (χ3v) is 4.29. The smallest absolute Gasteiger partial charge is 0.119 e. The number of benzene rings is 1. The minimum absolute atomic E-state index is 0.0259. The molecule has 2 N–H and O–H groups in total. The first-order valence-corrected chi connectivity index (χ1v) is 6.84. The van der Waals surface area contributed by atoms with Crippen molar-refractivity contribution in [1.82, 2.24) is 0 Å². The molecule has 0 amide bonds. The lowest BCUT2D eigenvalue weighted by atomic mass is 9.68. The average molecular weight is 247 g/mol. The van der Waals surface area contributed by atoms with Crippen LogP contribution < -0.4 is 10.5 Å². The van der Waals surface area contributed by atoms with E-state index in [9.17, 15) is 0 Å². The highest BCUT2D eigenvalue weighted by atomic mass is 16.5. The topological polar surface area (TPSA) is 35.2 Å². The lowest BCUT2D eigenvalue weighted by Gasteiger charge is -2.41. The molecule has 1 aromatic carbocycles. The maximum absolute atomic E-state index is 6.56. The van der Waals surface area contributed by atoms with E-state index in [0.717, 1.165) is 25.0 Å². The van der Waals surface area contributed by atoms with Crippen molar-refractivity contribution >= 4 is 0 Å². The summed E-state index contributed by atoms with van der Waals surface area (Å²) >= 11 is 0. The SMILES string of the molecule is COc1cccc(CC2(N)CCC(C)(C)CC2)c1. The first kappa shape index (κ1) is 13.4. The highest BCUT2D eigenvalue weighted by Crippen LogP contribution is 2.40. The van der Waals surface area contributed by atoms with E-state index in [-0.39, 0.29) is 5.54 Å². The lowest BCUT2D eigenvalue weighted by molar-refractivity contribution is 0.164. The third kappa shape index (κ3) is 3.26. The van der Waals surface area contributed by atoms with Gasteiger partial charge >= 0.3 is 0 Å². The van der Waals surface area contributed by atoms with Crippen LogP contribution in [0.5, 0.6) is 5.75 Å². The van der Waals surface area contributed by atoms with Crippen LogP contribution in [0.25, 0.3) is 0 Å². The molecule has 0 aliphatic heterocycles. The number of methoxy groups -OCH3 is 1. The molecule has 1 aliphatic carbocycles. The summed E-state index contributed by atoms with van der Waals surface area (Å²) in [5.41, 5.74) is 8.29. The molecule has 2 heteroatoms. The van der Waals surface area contributed by atoms with Gasteiger partial charge in [-0.2, -0.15) is 0 Å². The molecule has 0 unspecified atom stereocenters. The molecule has 1 aliphatic rings. The Bertz CT molecular complexity index is 401. The first-order chi connectivity index (χ1) is 8.42. The number of ether oxygens (including phenoxy) is 1. The molecule has 1 aromatic rings. The van der Waals surface area contributed by atoms with Gasteiger partial charge in [0, 0.05) is 5.54 Å². The van der Waals surface area contributed by atoms with Gasteiger partial charge in [0.25, 0.3) is 0 Å². The molecule has 18 heavy (non-hydrogen) atoms. The van der Waals surface area contributed by atoms with E-state index in [1.165, 1.54) is 18.4 Å². The van der Waals surface area contributed by atoms with Crippen LogP contribution in [0.2, 0.25) is 0 Å². The normalized spacial score (nSPS) is 21.6. The molecule has 0 atom stereocenters. The van der Waals surface area contributed by atoms with Gasteiger partial charge in [-0.15, -0.1) is 0 Å². The number of rotatable bonds is 3. The van der Waals surface area contributed by atoms with Crippen molar-refractivity contribution in [2.75, 3.05) is 7.11 Å². The van der Waals surface area contributed by atoms with Crippen LogP contribution in [-0.4, -0.2) is 12.6 Å². The van der Waals surface area contributed by atoms with Gasteiger partial charge in [0.1, 0.15) is 5.75 Å². The van der Waals surface area contributed by atoms with Gasteiger partial charge in [0.05, 0.1) is 7.11 Å². The van der Waals surface area contributed by atoms with Gasteiger partial charge in [0.2, 0.25) is 0 Å². The Morgan fingerprint density at radius 3 is 2.44 bits per heavy atom. The molecule has 0 heterocycles. The minimum atomic E-state index is -0.0259. The largest absolute Gasteiger partial charge is 0.497 e. The first-order valence-electron chi connectivity index (χ1n) is 6.84. The lowest BCUT2D eigenvalue weighted by Crippen LogP contribution is -2.46. The third-order valence-electron chi connectivity index (χ3n) is 4.29. The highest BCUT2D eigenvalue weighted by molar-refractivity contribution is 5.29. The molecule has 1 saturated carbocycles. The molecule has 0 aromatic heterocycles. The van der Waals surface area contributed by atoms with E-state index in [4.69, 9.17) is 10.5 Å². The Balaban J connectivity index is 2.04. The number of nitrogens with two attached hydrogens (primary N) is 1. The summed E-state index contributed by atoms with van der Waals surface area (Å²) in [6, 6.07) is 8.28. The van der Waals surface area contributed by atoms with Gasteiger partial charge in [-0.3, -0.25) is 0 Å². The van der Waals surface area contributed by atoms with Crippen molar-refractivity contribution in [2.24, 2.45) is 11.1 Å². The summed E-state index contributed by atoms with van der Waals surface area (Å²) in [5.74, 6) is 0.923. The van der Waals surface area contributed by atoms with E-state index in [1.54, 1.807) is 7.11 Å². The molecule has 0 bridgehead atoms. The van der Waals surface area contributed by atoms with Crippen LogP contribution in [0.3, 0.4) is 0 Å². The molecule has 0 saturated heterocycles. The van der Waals surface area contributed by atoms with Crippen LogP contribution in [0, 0.1) is 5.41 Å². The summed E-state index contributed by atoms with van der Waals surface area (Å²) in [4.78, 5) is 0. The number of hydrogen-bond acceptors (Lipinski definition) is 2. The van der Waals surface area contributed by atoms with Gasteiger partial charge in [-0.1, -0.05) is 26.0 Å². The van der Waals surface area contributed by atoms with Crippen molar-refractivity contribution < 1.29 is 4.74 Å². The number of hydrogen-bond donors (Lipinski definition) is 1. The van der Waals surface area contributed by atoms with Crippen molar-refractivity contribution in [1.29, 1.82) is 0 Å². The maximum Gasteiger partial charge on any atom is 0.119 e. The van der Waals surface area contributed by atoms with Gasteiger partial charge < -0.3 is 10.5 Å². The Hall–Kier alpha value is -1.02. The summed E-state index contributed by atoms with van der Waals surface area (Å²) in [6.45, 7) is 4.69. The van der Waals surface area contributed by atoms with Crippen molar-refractivity contribution in [3.8, 4) is 5.75 Å². The summed E-state index contributed by atoms with van der Waals surface area (Å²) in [6.07, 6.45) is 5.66. The second kappa shape index (κ2) is 4.93. The Morgan fingerprint density at radius 1 is 1.17 bits per heavy atom. The molecule has 1 fully saturated rings. The fraction of sp³-hybridized carbons (Fsp3) is 0.625. The van der Waals surface area contributed by atoms with E-state index < -0.39 is 0 Å². The maximum atomic E-state index is 6.56. The second-order valence-electron chi connectivity index (χ2n) is 6.55. The van der Waals surface area contributed by atoms with Crippen molar-refractivity contribution in [2.45, 2.75) is 51.5 Å². The van der Waals surface area contributed by atoms with Gasteiger partial charge in [-0.05, 0) is 55.2 Å². The Morgan fingerprint density at radius 2 is 1.83 bits per heavy atom. The van der Waals surface area contributed by atoms with Crippen molar-refractivity contribution in [3.63, 3.8) is 0 Å². The van der Waals surface area contributed by atoms with E-state index in [1.807, 2.05) is 12.1 Å². The monoisotopic (exact) mass is 247 g/mol. The fourth-order valence-corrected chi connectivity index (χ4v) is 2.79. The summed E-state index contributed by atoms with van der Waals surface area (Å²) in [7, 11) is 1.71. The fourth-order valence-electron chi connectivity index (χ4n) is 2.79. The van der Waals surface area contributed by atoms with E-state index >= 15 is 0 Å². The molecule has 100 valence electrons. The molecule has 0 spiro atoms. The predicted molar refractivity (Wildman–Crippen MR) is 75.9 cm³/mol. The molecule has 0 radical (unpaired) electrons. The van der Waals surface area contributed by atoms with Gasteiger partial charge in [0.15, 0.2) is 0 Å². The zero-order valence-electron chi connectivity index (χ0n) is 11.8. The average Bonchev–Trinajstić information content (AvgIpc) is 2.34. The van der Waals surface area contributed by atoms with Crippen LogP contribution >= 0.6 is 0 Å². The standard InChI is InChI=1S/C16H25NO/c1-15(2)7-9-16(17,10-8-15)12-13-5-4-6-14(11-13)18-3/h4-6,11H,7-10,12,17H2,1-3H3. The molecular weight excluding hydrogens is 222 g/mol. The summed E-state index contributed by atoms with van der Waals surface area (Å²) in [5, 5.41) is 0. The zero-order valence-corrected chi connectivity index (χ0v) is 11.8. The van der Waals surface area contributed by atoms with Crippen LogP contribution in [0.15, 0.2) is 24.3 Å². The Labute approximate surface area is 111 Å². The van der Waals surface area contributed by atoms with Crippen molar-refractivity contribution in [3.05, 3.63) is 29.8 Å². The molecular formula is C16H25NO. The van der Waals surface area contributed by atoms with E-state index in [0.29, 0.717) is 5.41 Å². The second-order valence-corrected chi connectivity index (χ2v) is 6.55. The zero-order chi connectivity index (χ0) is 13.2. The minimum Gasteiger partial charge on any atom is -0.497 e. The molecule has 2 rings (SSSR count). The predicted octanol–water partition coefficient (Wildman–Crippen LogP) is 3.54. The quantitative estimate of drug-likeness (QED) is 0.886. The molecule has 2 nitrogen and oxygen atoms in total. The highest BCUT2D eigenvalue weighted by Gasteiger charge is 2.35. The van der Waals surface area contributed by atoms with E-state index in [2.05, 4.69) is 26.0 Å². The summed E-state index contributed by atoms with van der Waals surface area (Å²) < 4.78 is 5.27. The van der Waals surface area contributed by atoms with Crippen LogP contribution in [0.4, 0.5) is 0 Å². The van der Waals surface area contributed by atoms with Crippen LogP contribution in [0.1, 0.15) is 45.1 Å². The van der Waals surface area contributed by atoms with Gasteiger partial charge in [-0.25, -0.2) is 0 Å². The van der Waals surface area contributed by atoms with Crippen LogP contribution in [-0.2, 0) is 6.42 Å². The Kier molecular flexibility index (Phi) is 3.67.